The summed E-state index contributed by atoms with van der Waals surface area (Å²) in [5, 5.41) is 55.3. The number of aliphatic hydroxyl groups is 5. The number of hydrogen-bond donors (Lipinski definition) is 6. The van der Waals surface area contributed by atoms with Crippen LogP contribution in [0.2, 0.25) is 0 Å². The molecule has 17 heteroatoms. The van der Waals surface area contributed by atoms with Crippen LogP contribution in [0, 0.1) is 23.7 Å². The molecule has 2 bridgehead atoms. The van der Waals surface area contributed by atoms with Crippen molar-refractivity contribution in [3.05, 3.63) is 134 Å². The number of allylic oxidation sites excluding steroid dienone is 5. The highest BCUT2D eigenvalue weighted by atomic mass is 16.7. The number of aliphatic hydroxyl groups excluding tert-OH is 4. The van der Waals surface area contributed by atoms with Gasteiger partial charge >= 0.3 is 11.9 Å². The summed E-state index contributed by atoms with van der Waals surface area (Å²) < 4.78 is 38.5. The Kier molecular flexibility index (Phi) is 15.1. The largest absolute Gasteiger partial charge is 0.482 e. The highest BCUT2D eigenvalue weighted by molar-refractivity contribution is 6.23. The van der Waals surface area contributed by atoms with Crippen molar-refractivity contribution in [2.75, 3.05) is 26.8 Å². The van der Waals surface area contributed by atoms with E-state index >= 15 is 14.4 Å². The number of Topliss-reactive ketones (excluding diaryl/α,β-unsaturated/α-hetero) is 2. The third-order valence-electron chi connectivity index (χ3n) is 17.1. The number of nitrogens with two attached hydrogens (primary N) is 1. The van der Waals surface area contributed by atoms with Gasteiger partial charge in [0.1, 0.15) is 47.3 Å². The van der Waals surface area contributed by atoms with E-state index in [1.807, 2.05) is 83.7 Å². The molecule has 4 fully saturated rings. The minimum absolute atomic E-state index is 0.0452. The lowest BCUT2D eigenvalue weighted by Crippen LogP contribution is -2.78. The molecule has 3 aromatic carbocycles. The molecule has 4 aliphatic heterocycles. The molecular weight excluding hydrogens is 1020 g/mol. The van der Waals surface area contributed by atoms with E-state index in [-0.39, 0.29) is 72.4 Å². The highest BCUT2D eigenvalue weighted by Gasteiger charge is 2.77. The first-order valence-corrected chi connectivity index (χ1v) is 27.5. The molecule has 3 aromatic rings. The zero-order chi connectivity index (χ0) is 57.5. The van der Waals surface area contributed by atoms with Crippen molar-refractivity contribution >= 4 is 41.0 Å². The van der Waals surface area contributed by atoms with Crippen LogP contribution >= 0.6 is 0 Å². The van der Waals surface area contributed by atoms with Crippen LogP contribution in [0.5, 0.6) is 23.0 Å². The fourth-order valence-corrected chi connectivity index (χ4v) is 13.2. The van der Waals surface area contributed by atoms with Crippen LogP contribution in [-0.2, 0) is 25.5 Å². The third-order valence-corrected chi connectivity index (χ3v) is 17.1. The Morgan fingerprint density at radius 2 is 1.60 bits per heavy atom. The quantitative estimate of drug-likeness (QED) is 0.0367. The molecule has 0 aromatic heterocycles. The van der Waals surface area contributed by atoms with E-state index in [0.717, 1.165) is 11.1 Å². The summed E-state index contributed by atoms with van der Waals surface area (Å²) in [7, 11) is 1.26. The summed E-state index contributed by atoms with van der Waals surface area (Å²) >= 11 is 0. The van der Waals surface area contributed by atoms with Crippen LogP contribution in [0.3, 0.4) is 0 Å². The van der Waals surface area contributed by atoms with E-state index in [1.54, 1.807) is 19.1 Å². The van der Waals surface area contributed by atoms with E-state index in [0.29, 0.717) is 68.9 Å². The maximum absolute atomic E-state index is 15.9. The molecule has 6 unspecified atom stereocenters. The van der Waals surface area contributed by atoms with Crippen molar-refractivity contribution in [1.29, 1.82) is 0 Å². The zero-order valence-electron chi connectivity index (χ0n) is 46.7. The second-order valence-corrected chi connectivity index (χ2v) is 23.2. The number of hydrogen-bond acceptors (Lipinski definition) is 17. The van der Waals surface area contributed by atoms with Crippen LogP contribution in [0.1, 0.15) is 124 Å². The third kappa shape index (κ3) is 8.96. The summed E-state index contributed by atoms with van der Waals surface area (Å²) in [6, 6.07) is 13.1. The lowest BCUT2D eigenvalue weighted by Gasteiger charge is -2.66. The molecule has 8 aliphatic rings. The average molecular weight is 1100 g/mol. The van der Waals surface area contributed by atoms with E-state index < -0.39 is 89.6 Å². The van der Waals surface area contributed by atoms with Crippen molar-refractivity contribution < 1.29 is 73.1 Å². The predicted molar refractivity (Wildman–Crippen MR) is 296 cm³/mol. The second-order valence-electron chi connectivity index (χ2n) is 23.2. The molecule has 80 heavy (non-hydrogen) atoms. The van der Waals surface area contributed by atoms with Gasteiger partial charge in [-0.25, -0.2) is 9.59 Å². The fraction of sp³-hybridized carbons (Fsp3) is 0.460. The number of benzene rings is 3. The Morgan fingerprint density at radius 1 is 0.900 bits per heavy atom. The smallest absolute Gasteiger partial charge is 0.343 e. The van der Waals surface area contributed by atoms with E-state index in [1.165, 1.54) is 37.5 Å². The second kappa shape index (κ2) is 21.3. The molecule has 4 aliphatic carbocycles. The van der Waals surface area contributed by atoms with Crippen LogP contribution in [0.25, 0.3) is 17.5 Å². The van der Waals surface area contributed by atoms with Gasteiger partial charge in [-0.1, -0.05) is 67.5 Å². The maximum Gasteiger partial charge on any atom is 0.343 e. The molecule has 3 saturated carbocycles. The van der Waals surface area contributed by atoms with Gasteiger partial charge in [-0.3, -0.25) is 9.59 Å². The Hall–Kier alpha value is -6.70. The van der Waals surface area contributed by atoms with Crippen molar-refractivity contribution in [1.82, 2.24) is 4.90 Å². The lowest BCUT2D eigenvalue weighted by atomic mass is 9.43. The number of ether oxygens (including phenoxy) is 6. The van der Waals surface area contributed by atoms with Gasteiger partial charge in [0, 0.05) is 70.7 Å². The normalized spacial score (nSPS) is 29.7. The molecule has 1 saturated heterocycles. The molecule has 11 atom stereocenters. The van der Waals surface area contributed by atoms with Crippen molar-refractivity contribution in [2.24, 2.45) is 29.4 Å². The van der Waals surface area contributed by atoms with E-state index in [9.17, 15) is 30.3 Å². The van der Waals surface area contributed by atoms with Crippen LogP contribution < -0.4 is 24.7 Å². The monoisotopic (exact) mass is 1100 g/mol. The summed E-state index contributed by atoms with van der Waals surface area (Å²) in [4.78, 5) is 61.3. The maximum atomic E-state index is 15.9. The molecule has 1 spiro atoms. The summed E-state index contributed by atoms with van der Waals surface area (Å²) in [5.41, 5.74) is 8.12. The Bertz CT molecular complexity index is 3250. The molecule has 4 heterocycles. The van der Waals surface area contributed by atoms with E-state index in [2.05, 4.69) is 6.08 Å². The Labute approximate surface area is 465 Å². The zero-order valence-corrected chi connectivity index (χ0v) is 46.7. The summed E-state index contributed by atoms with van der Waals surface area (Å²) in [6.07, 6.45) is 3.27. The molecule has 17 nitrogen and oxygen atoms in total. The number of carbonyl (C=O) groups is 4. The first kappa shape index (κ1) is 56.6. The molecule has 424 valence electrons. The summed E-state index contributed by atoms with van der Waals surface area (Å²) in [5.74, 6) is -4.20. The molecule has 0 amide bonds. The Balaban J connectivity index is 1.25. The van der Waals surface area contributed by atoms with Gasteiger partial charge < -0.3 is 64.6 Å². The minimum atomic E-state index is -2.35. The first-order valence-electron chi connectivity index (χ1n) is 27.5. The van der Waals surface area contributed by atoms with Crippen molar-refractivity contribution in [3.8, 4) is 23.0 Å². The van der Waals surface area contributed by atoms with Crippen molar-refractivity contribution in [2.45, 2.75) is 135 Å². The number of ketones is 2. The molecule has 0 radical (unpaired) electrons. The number of carbonyl (C=O) groups excluding carboxylic acids is 4. The predicted octanol–water partition coefficient (Wildman–Crippen LogP) is 6.96. The summed E-state index contributed by atoms with van der Waals surface area (Å²) in [6.45, 7) is 15.1. The van der Waals surface area contributed by atoms with Gasteiger partial charge in [0.05, 0.1) is 41.8 Å². The molecule has 7 N–H and O–H groups in total. The van der Waals surface area contributed by atoms with Gasteiger partial charge in [0.2, 0.25) is 6.29 Å². The van der Waals surface area contributed by atoms with Gasteiger partial charge in [-0.15, -0.1) is 0 Å². The van der Waals surface area contributed by atoms with Crippen molar-refractivity contribution in [3.63, 3.8) is 0 Å². The minimum Gasteiger partial charge on any atom is -0.482 e. The van der Waals surface area contributed by atoms with E-state index in [4.69, 9.17) is 34.2 Å². The van der Waals surface area contributed by atoms with Gasteiger partial charge in [0.25, 0.3) is 0 Å². The number of fused-ring (bicyclic) bond motifs is 7. The molecular formula is C63H72N2O15. The SMILES string of the molecule is COC(=O)/C(C)=C\CC1(O)C(=O)C2CC(C(C)C)C13Oc1c(CC=C(C)C)c4c(c(OC(=O)c5ccc(O[C@H]6O[C@@H](CO)[C@H](O)[C@@H](O)[C@@H]6O)cc5)c1C1=C3C2C2=C(c3ccccc3C2=O)N1CCN)C=CC(C)(CCC=C(C)C)O4. The highest BCUT2D eigenvalue weighted by Crippen LogP contribution is 2.71. The lowest BCUT2D eigenvalue weighted by molar-refractivity contribution is -0.277. The van der Waals surface area contributed by atoms with Gasteiger partial charge in [-0.2, -0.15) is 0 Å². The fourth-order valence-electron chi connectivity index (χ4n) is 13.2. The van der Waals surface area contributed by atoms with Gasteiger partial charge in [-0.05, 0) is 110 Å². The first-order chi connectivity index (χ1) is 38.1. The van der Waals surface area contributed by atoms with Gasteiger partial charge in [0.15, 0.2) is 28.5 Å². The Morgan fingerprint density at radius 3 is 2.25 bits per heavy atom. The molecule has 11 rings (SSSR count). The number of rotatable bonds is 16. The standard InChI is InChI=1S/C63H72N2O15/c1-31(2)13-12-24-61(8)25-23-40-54(79-61)39(21-16-32(3)4)56-46(55(40)78-59(73)35-17-19-36(20-18-35)76-60-53(70)52(69)51(68)43(30-66)77-60)49-47-44(45-48(65(49)28-27-64)37-14-10-11-15-38(37)50(45)67)41-29-42(33(5)6)63(47,80-56)62(74,57(41)71)26-22-34(7)58(72)75-9/h10-11,13-20,22-23,25,33,41-44,51-53,60,66,68-70,74H,12,21,24,26-30,64H2,1-9H3/b34-22-/t41?,42?,43-,44?,51-,52+,53-,60-,61?,62?,63?/m0/s1. The van der Waals surface area contributed by atoms with Crippen LogP contribution in [0.15, 0.2) is 101 Å². The number of methoxy groups -OCH3 is 1. The number of esters is 2. The van der Waals surface area contributed by atoms with Crippen LogP contribution in [0.4, 0.5) is 0 Å². The number of nitrogens with zero attached hydrogens (tertiary/aromatic N) is 1. The topological polar surface area (TPSA) is 254 Å². The van der Waals surface area contributed by atoms with Crippen LogP contribution in [-0.4, -0.2) is 128 Å². The average Bonchev–Trinajstić information content (AvgIpc) is 2.93.